The molecule has 0 fully saturated rings. The Bertz CT molecular complexity index is 850. The van der Waals surface area contributed by atoms with Crippen molar-refractivity contribution in [3.63, 3.8) is 0 Å². The number of carbonyl (C=O) groups is 2. The van der Waals surface area contributed by atoms with Crippen LogP contribution in [0.3, 0.4) is 0 Å². The van der Waals surface area contributed by atoms with E-state index in [0.717, 1.165) is 28.3 Å². The van der Waals surface area contributed by atoms with Gasteiger partial charge in [-0.25, -0.2) is 14.6 Å². The first-order chi connectivity index (χ1) is 12.5. The molecule has 0 aliphatic carbocycles. The third-order valence-electron chi connectivity index (χ3n) is 4.38. The lowest BCUT2D eigenvalue weighted by Crippen LogP contribution is -2.44. The second-order valence-corrected chi connectivity index (χ2v) is 7.51. The zero-order valence-electron chi connectivity index (χ0n) is 16.8. The fraction of sp³-hybridized carbons (Fsp3) is 0.526. The summed E-state index contributed by atoms with van der Waals surface area (Å²) in [5, 5.41) is 16.3. The number of hydrogen-bond donors (Lipinski definition) is 2. The molecule has 2 rings (SSSR count). The highest BCUT2D eigenvalue weighted by Gasteiger charge is 2.24. The number of nitrogens with zero attached hydrogens (tertiary/aromatic N) is 4. The molecular formula is C19H27N5O3. The van der Waals surface area contributed by atoms with Crippen LogP contribution in [0.1, 0.15) is 55.0 Å². The molecule has 0 spiro atoms. The Balaban J connectivity index is 2.19. The number of carboxylic acids is 1. The van der Waals surface area contributed by atoms with E-state index in [1.54, 1.807) is 4.68 Å². The van der Waals surface area contributed by atoms with Crippen molar-refractivity contribution in [3.05, 3.63) is 34.4 Å². The van der Waals surface area contributed by atoms with Crippen LogP contribution in [-0.2, 0) is 16.0 Å². The highest BCUT2D eigenvalue weighted by atomic mass is 16.4. The van der Waals surface area contributed by atoms with Crippen molar-refractivity contribution in [2.45, 2.75) is 66.3 Å². The van der Waals surface area contributed by atoms with Crippen LogP contribution in [0.15, 0.2) is 6.07 Å². The summed E-state index contributed by atoms with van der Waals surface area (Å²) in [4.78, 5) is 32.1. The Morgan fingerprint density at radius 3 is 2.30 bits per heavy atom. The number of nitrogens with one attached hydrogen (secondary N) is 1. The standard InChI is InChI=1S/C19H27N5O3/c1-11-9-12(2)21-18(20-11)24-14(4)15(13(3)23-24)10-16(25)22-19(5,6)8-7-17(26)27/h9H,7-8,10H2,1-6H3,(H,22,25)(H,26,27). The topological polar surface area (TPSA) is 110 Å². The first-order valence-electron chi connectivity index (χ1n) is 8.89. The van der Waals surface area contributed by atoms with Gasteiger partial charge in [0.25, 0.3) is 5.95 Å². The molecule has 0 radical (unpaired) electrons. The number of carbonyl (C=O) groups excluding carboxylic acids is 1. The summed E-state index contributed by atoms with van der Waals surface area (Å²) in [6, 6.07) is 1.89. The Labute approximate surface area is 159 Å². The molecule has 0 aliphatic rings. The second-order valence-electron chi connectivity index (χ2n) is 7.51. The van der Waals surface area contributed by atoms with Crippen LogP contribution in [0.4, 0.5) is 0 Å². The molecule has 8 nitrogen and oxygen atoms in total. The fourth-order valence-electron chi connectivity index (χ4n) is 2.99. The van der Waals surface area contributed by atoms with E-state index in [-0.39, 0.29) is 18.7 Å². The van der Waals surface area contributed by atoms with E-state index in [0.29, 0.717) is 12.4 Å². The number of amides is 1. The highest BCUT2D eigenvalue weighted by molar-refractivity contribution is 5.80. The fourth-order valence-corrected chi connectivity index (χ4v) is 2.99. The minimum absolute atomic E-state index is 0.00726. The number of hydrogen-bond acceptors (Lipinski definition) is 5. The van der Waals surface area contributed by atoms with Crippen LogP contribution < -0.4 is 5.32 Å². The summed E-state index contributed by atoms with van der Waals surface area (Å²) in [6.45, 7) is 11.2. The zero-order chi connectivity index (χ0) is 20.4. The average Bonchev–Trinajstić information content (AvgIpc) is 2.80. The third kappa shape index (κ3) is 5.35. The molecule has 0 bridgehead atoms. The van der Waals surface area contributed by atoms with E-state index < -0.39 is 11.5 Å². The van der Waals surface area contributed by atoms with Crippen molar-refractivity contribution >= 4 is 11.9 Å². The van der Waals surface area contributed by atoms with Crippen LogP contribution in [0.25, 0.3) is 5.95 Å². The minimum atomic E-state index is -0.876. The molecule has 146 valence electrons. The Morgan fingerprint density at radius 1 is 1.15 bits per heavy atom. The van der Waals surface area contributed by atoms with Crippen LogP contribution in [-0.4, -0.2) is 42.3 Å². The molecule has 2 N–H and O–H groups in total. The molecule has 1 amide bonds. The second kappa shape index (κ2) is 7.85. The van der Waals surface area contributed by atoms with Gasteiger partial charge in [-0.05, 0) is 54.0 Å². The SMILES string of the molecule is Cc1cc(C)nc(-n2nc(C)c(CC(=O)NC(C)(C)CCC(=O)O)c2C)n1. The smallest absolute Gasteiger partial charge is 0.303 e. The molecule has 0 atom stereocenters. The van der Waals surface area contributed by atoms with Gasteiger partial charge in [0.2, 0.25) is 5.91 Å². The molecule has 0 saturated heterocycles. The molecule has 8 heteroatoms. The lowest BCUT2D eigenvalue weighted by molar-refractivity contribution is -0.137. The number of carboxylic acid groups (broad SMARTS) is 1. The van der Waals surface area contributed by atoms with Crippen LogP contribution >= 0.6 is 0 Å². The molecular weight excluding hydrogens is 346 g/mol. The monoisotopic (exact) mass is 373 g/mol. The summed E-state index contributed by atoms with van der Waals surface area (Å²) in [5.74, 6) is -0.558. The molecule has 0 aliphatic heterocycles. The maximum absolute atomic E-state index is 12.5. The van der Waals surface area contributed by atoms with Crippen molar-refractivity contribution in [2.24, 2.45) is 0 Å². The van der Waals surface area contributed by atoms with Crippen LogP contribution in [0.5, 0.6) is 0 Å². The minimum Gasteiger partial charge on any atom is -0.481 e. The summed E-state index contributed by atoms with van der Waals surface area (Å²) in [7, 11) is 0. The normalized spacial score (nSPS) is 11.5. The molecule has 27 heavy (non-hydrogen) atoms. The molecule has 2 aromatic heterocycles. The summed E-state index contributed by atoms with van der Waals surface area (Å²) in [6.07, 6.45) is 0.536. The van der Waals surface area contributed by atoms with Crippen molar-refractivity contribution in [1.82, 2.24) is 25.1 Å². The number of aryl methyl sites for hydroxylation is 3. The van der Waals surface area contributed by atoms with Gasteiger partial charge in [0.15, 0.2) is 0 Å². The van der Waals surface area contributed by atoms with Gasteiger partial charge in [0, 0.05) is 34.6 Å². The predicted molar refractivity (Wildman–Crippen MR) is 101 cm³/mol. The van der Waals surface area contributed by atoms with Crippen LogP contribution in [0.2, 0.25) is 0 Å². The molecule has 0 saturated carbocycles. The maximum atomic E-state index is 12.5. The summed E-state index contributed by atoms with van der Waals surface area (Å²) < 4.78 is 1.66. The van der Waals surface area contributed by atoms with E-state index in [1.165, 1.54) is 0 Å². The van der Waals surface area contributed by atoms with Crippen molar-refractivity contribution in [1.29, 1.82) is 0 Å². The van der Waals surface area contributed by atoms with E-state index in [1.807, 2.05) is 47.6 Å². The van der Waals surface area contributed by atoms with Crippen molar-refractivity contribution in [3.8, 4) is 5.95 Å². The first kappa shape index (κ1) is 20.5. The van der Waals surface area contributed by atoms with E-state index >= 15 is 0 Å². The Hall–Kier alpha value is -2.77. The Morgan fingerprint density at radius 2 is 1.74 bits per heavy atom. The van der Waals surface area contributed by atoms with Gasteiger partial charge in [0.05, 0.1) is 12.1 Å². The van der Waals surface area contributed by atoms with Crippen molar-refractivity contribution < 1.29 is 14.7 Å². The van der Waals surface area contributed by atoms with E-state index in [4.69, 9.17) is 5.11 Å². The van der Waals surface area contributed by atoms with Gasteiger partial charge in [-0.15, -0.1) is 0 Å². The van der Waals surface area contributed by atoms with E-state index in [2.05, 4.69) is 20.4 Å². The number of rotatable bonds is 7. The van der Waals surface area contributed by atoms with Crippen molar-refractivity contribution in [2.75, 3.05) is 0 Å². The van der Waals surface area contributed by atoms with Gasteiger partial charge in [-0.1, -0.05) is 0 Å². The van der Waals surface area contributed by atoms with E-state index in [9.17, 15) is 9.59 Å². The van der Waals surface area contributed by atoms with Crippen LogP contribution in [0, 0.1) is 27.7 Å². The predicted octanol–water partition coefficient (Wildman–Crippen LogP) is 2.20. The van der Waals surface area contributed by atoms with Gasteiger partial charge in [-0.3, -0.25) is 9.59 Å². The van der Waals surface area contributed by atoms with Gasteiger partial charge in [0.1, 0.15) is 0 Å². The largest absolute Gasteiger partial charge is 0.481 e. The van der Waals surface area contributed by atoms with Gasteiger partial charge < -0.3 is 10.4 Å². The lowest BCUT2D eigenvalue weighted by atomic mass is 9.97. The summed E-state index contributed by atoms with van der Waals surface area (Å²) >= 11 is 0. The first-order valence-corrected chi connectivity index (χ1v) is 8.89. The molecule has 2 aromatic rings. The highest BCUT2D eigenvalue weighted by Crippen LogP contribution is 2.18. The van der Waals surface area contributed by atoms with Gasteiger partial charge in [-0.2, -0.15) is 5.10 Å². The summed E-state index contributed by atoms with van der Waals surface area (Å²) in [5.41, 5.74) is 3.49. The third-order valence-corrected chi connectivity index (χ3v) is 4.38. The maximum Gasteiger partial charge on any atom is 0.303 e. The van der Waals surface area contributed by atoms with Gasteiger partial charge >= 0.3 is 5.97 Å². The average molecular weight is 373 g/mol. The number of aliphatic carboxylic acids is 1. The Kier molecular flexibility index (Phi) is 5.98. The quantitative estimate of drug-likeness (QED) is 0.770. The molecule has 0 aromatic carbocycles. The molecule has 0 unspecified atom stereocenters. The lowest BCUT2D eigenvalue weighted by Gasteiger charge is -2.25. The number of aromatic nitrogens is 4. The molecule has 2 heterocycles. The zero-order valence-corrected chi connectivity index (χ0v) is 16.8.